The van der Waals surface area contributed by atoms with Crippen molar-refractivity contribution >= 4 is 21.6 Å². The maximum atomic E-state index is 13.7. The van der Waals surface area contributed by atoms with E-state index in [-0.39, 0.29) is 17.2 Å². The molecule has 180 valence electrons. The lowest BCUT2D eigenvalue weighted by Crippen LogP contribution is -2.45. The predicted molar refractivity (Wildman–Crippen MR) is 126 cm³/mol. The van der Waals surface area contributed by atoms with Crippen molar-refractivity contribution in [2.45, 2.75) is 11.8 Å². The number of carbonyl (C=O) groups excluding carboxylic acids is 1. The van der Waals surface area contributed by atoms with E-state index in [2.05, 4.69) is 10.2 Å². The smallest absolute Gasteiger partial charge is 0.268 e. The van der Waals surface area contributed by atoms with Gasteiger partial charge in [0.05, 0.1) is 33.1 Å². The number of benzene rings is 2. The second kappa shape index (κ2) is 11.4. The summed E-state index contributed by atoms with van der Waals surface area (Å²) in [5.74, 6) is 0.403. The largest absolute Gasteiger partial charge is 0.497 e. The first kappa shape index (κ1) is 24.8. The van der Waals surface area contributed by atoms with Crippen molar-refractivity contribution in [3.8, 4) is 11.5 Å². The number of nitrogens with one attached hydrogen (secondary N) is 1. The van der Waals surface area contributed by atoms with Crippen molar-refractivity contribution in [2.24, 2.45) is 0 Å². The Hall–Kier alpha value is -2.82. The Morgan fingerprint density at radius 1 is 1.09 bits per heavy atom. The van der Waals surface area contributed by atoms with Crippen molar-refractivity contribution in [3.63, 3.8) is 0 Å². The number of rotatable bonds is 10. The van der Waals surface area contributed by atoms with Crippen LogP contribution in [-0.4, -0.2) is 79.4 Å². The fraction of sp³-hybridized carbons (Fsp3) is 0.435. The van der Waals surface area contributed by atoms with Crippen molar-refractivity contribution in [1.29, 1.82) is 0 Å². The topological polar surface area (TPSA) is 97.4 Å². The van der Waals surface area contributed by atoms with E-state index < -0.39 is 15.9 Å². The lowest BCUT2D eigenvalue weighted by Gasteiger charge is -2.27. The first-order valence-corrected chi connectivity index (χ1v) is 12.2. The van der Waals surface area contributed by atoms with Gasteiger partial charge >= 0.3 is 0 Å². The molecule has 0 atom stereocenters. The number of hydrogen-bond acceptors (Lipinski definition) is 7. The van der Waals surface area contributed by atoms with E-state index in [1.54, 1.807) is 49.4 Å². The van der Waals surface area contributed by atoms with E-state index in [1.807, 2.05) is 0 Å². The van der Waals surface area contributed by atoms with Crippen LogP contribution in [0.3, 0.4) is 0 Å². The van der Waals surface area contributed by atoms with Gasteiger partial charge in [-0.25, -0.2) is 8.42 Å². The summed E-state index contributed by atoms with van der Waals surface area (Å²) in [5.41, 5.74) is 1.11. The van der Waals surface area contributed by atoms with Gasteiger partial charge in [-0.2, -0.15) is 0 Å². The van der Waals surface area contributed by atoms with Gasteiger partial charge in [0.25, 0.3) is 10.0 Å². The molecule has 0 bridgehead atoms. The molecular formula is C23H31N3O6S. The molecule has 0 unspecified atom stereocenters. The highest BCUT2D eigenvalue weighted by Gasteiger charge is 2.30. The maximum absolute atomic E-state index is 13.7. The van der Waals surface area contributed by atoms with Gasteiger partial charge in [-0.05, 0) is 48.9 Å². The quantitative estimate of drug-likeness (QED) is 0.556. The fourth-order valence-corrected chi connectivity index (χ4v) is 5.20. The van der Waals surface area contributed by atoms with E-state index in [9.17, 15) is 13.2 Å². The number of hydrogen-bond donors (Lipinski definition) is 1. The molecule has 3 rings (SSSR count). The van der Waals surface area contributed by atoms with Crippen LogP contribution in [0.1, 0.15) is 5.56 Å². The van der Waals surface area contributed by atoms with Crippen molar-refractivity contribution < 1.29 is 27.4 Å². The molecule has 0 aliphatic carbocycles. The number of nitrogens with zero attached hydrogens (tertiary/aromatic N) is 2. The molecule has 1 aliphatic heterocycles. The molecule has 1 amide bonds. The Balaban J connectivity index is 1.83. The van der Waals surface area contributed by atoms with E-state index >= 15 is 0 Å². The van der Waals surface area contributed by atoms with Crippen LogP contribution in [-0.2, 0) is 19.6 Å². The van der Waals surface area contributed by atoms with Crippen molar-refractivity contribution in [2.75, 3.05) is 64.5 Å². The van der Waals surface area contributed by atoms with Gasteiger partial charge in [0.1, 0.15) is 22.9 Å². The summed E-state index contributed by atoms with van der Waals surface area (Å²) in [4.78, 5) is 15.0. The number of morpholine rings is 1. The van der Waals surface area contributed by atoms with Crippen LogP contribution in [0.5, 0.6) is 11.5 Å². The average molecular weight is 478 g/mol. The van der Waals surface area contributed by atoms with Crippen LogP contribution in [0.25, 0.3) is 0 Å². The van der Waals surface area contributed by atoms with Crippen LogP contribution in [0.15, 0.2) is 47.4 Å². The van der Waals surface area contributed by atoms with E-state index in [4.69, 9.17) is 14.2 Å². The van der Waals surface area contributed by atoms with Gasteiger partial charge < -0.3 is 19.5 Å². The molecule has 1 fully saturated rings. The highest BCUT2D eigenvalue weighted by molar-refractivity contribution is 7.93. The van der Waals surface area contributed by atoms with Gasteiger partial charge in [0.2, 0.25) is 5.91 Å². The van der Waals surface area contributed by atoms with E-state index in [0.717, 1.165) is 23.0 Å². The van der Waals surface area contributed by atoms with Crippen molar-refractivity contribution in [1.82, 2.24) is 10.2 Å². The summed E-state index contributed by atoms with van der Waals surface area (Å²) in [6.45, 7) is 5.51. The van der Waals surface area contributed by atoms with Crippen LogP contribution in [0, 0.1) is 6.92 Å². The van der Waals surface area contributed by atoms with Gasteiger partial charge in [-0.15, -0.1) is 0 Å². The number of amides is 1. The summed E-state index contributed by atoms with van der Waals surface area (Å²) in [6.07, 6.45) is 0. The zero-order chi connectivity index (χ0) is 23.8. The summed E-state index contributed by atoms with van der Waals surface area (Å²) in [6, 6.07) is 11.5. The molecule has 10 heteroatoms. The minimum absolute atomic E-state index is 0.00179. The molecular weight excluding hydrogens is 446 g/mol. The number of aryl methyl sites for hydroxylation is 1. The molecule has 1 aliphatic rings. The minimum Gasteiger partial charge on any atom is -0.497 e. The molecule has 0 aromatic heterocycles. The third-order valence-corrected chi connectivity index (χ3v) is 7.18. The number of anilines is 1. The molecule has 1 heterocycles. The number of sulfonamides is 1. The van der Waals surface area contributed by atoms with Gasteiger partial charge in [-0.3, -0.25) is 14.0 Å². The zero-order valence-electron chi connectivity index (χ0n) is 19.2. The van der Waals surface area contributed by atoms with Crippen molar-refractivity contribution in [3.05, 3.63) is 48.0 Å². The molecule has 1 N–H and O–H groups in total. The second-order valence-corrected chi connectivity index (χ2v) is 9.50. The monoisotopic (exact) mass is 477 g/mol. The Bertz CT molecular complexity index is 1040. The Kier molecular flexibility index (Phi) is 8.54. The third kappa shape index (κ3) is 6.37. The predicted octanol–water partition coefficient (Wildman–Crippen LogP) is 1.66. The zero-order valence-corrected chi connectivity index (χ0v) is 20.1. The normalized spacial score (nSPS) is 14.5. The van der Waals surface area contributed by atoms with Crippen LogP contribution < -0.4 is 19.1 Å². The van der Waals surface area contributed by atoms with E-state index in [0.29, 0.717) is 37.7 Å². The molecule has 9 nitrogen and oxygen atoms in total. The van der Waals surface area contributed by atoms with Gasteiger partial charge in [0.15, 0.2) is 0 Å². The molecule has 2 aromatic rings. The lowest BCUT2D eigenvalue weighted by molar-refractivity contribution is -0.119. The van der Waals surface area contributed by atoms with Gasteiger partial charge in [-0.1, -0.05) is 6.07 Å². The maximum Gasteiger partial charge on any atom is 0.268 e. The molecule has 1 saturated heterocycles. The standard InChI is InChI=1S/C23H31N3O6S/c1-18-4-9-21(31-3)22(16-18)33(28,29)26(19-5-7-20(30-2)8-6-19)17-23(27)24-10-11-25-12-14-32-15-13-25/h4-9,16H,10-15,17H2,1-3H3,(H,24,27). The molecule has 0 radical (unpaired) electrons. The Morgan fingerprint density at radius 2 is 1.79 bits per heavy atom. The number of methoxy groups -OCH3 is 2. The van der Waals surface area contributed by atoms with E-state index in [1.165, 1.54) is 14.2 Å². The molecule has 33 heavy (non-hydrogen) atoms. The van der Waals surface area contributed by atoms with Crippen LogP contribution in [0.4, 0.5) is 5.69 Å². The highest BCUT2D eigenvalue weighted by Crippen LogP contribution is 2.31. The summed E-state index contributed by atoms with van der Waals surface area (Å²) in [7, 11) is -1.15. The van der Waals surface area contributed by atoms with Crippen LogP contribution >= 0.6 is 0 Å². The summed E-state index contributed by atoms with van der Waals surface area (Å²) < 4.78 is 44.3. The molecule has 0 spiro atoms. The second-order valence-electron chi connectivity index (χ2n) is 7.67. The fourth-order valence-electron chi connectivity index (χ4n) is 3.53. The minimum atomic E-state index is -4.10. The van der Waals surface area contributed by atoms with Crippen LogP contribution in [0.2, 0.25) is 0 Å². The third-order valence-electron chi connectivity index (χ3n) is 5.39. The molecule has 2 aromatic carbocycles. The average Bonchev–Trinajstić information content (AvgIpc) is 2.83. The molecule has 0 saturated carbocycles. The first-order valence-electron chi connectivity index (χ1n) is 10.7. The lowest BCUT2D eigenvalue weighted by atomic mass is 10.2. The Labute approximate surface area is 195 Å². The first-order chi connectivity index (χ1) is 15.8. The number of carbonyl (C=O) groups is 1. The van der Waals surface area contributed by atoms with Gasteiger partial charge in [0, 0.05) is 26.2 Å². The number of ether oxygens (including phenoxy) is 3. The Morgan fingerprint density at radius 3 is 2.42 bits per heavy atom. The summed E-state index contributed by atoms with van der Waals surface area (Å²) >= 11 is 0. The summed E-state index contributed by atoms with van der Waals surface area (Å²) in [5, 5.41) is 2.83. The SMILES string of the molecule is COc1ccc(N(CC(=O)NCCN2CCOCC2)S(=O)(=O)c2cc(C)ccc2OC)cc1. The highest BCUT2D eigenvalue weighted by atomic mass is 32.2.